The number of sulfonamides is 1. The third-order valence-corrected chi connectivity index (χ3v) is 5.75. The van der Waals surface area contributed by atoms with Gasteiger partial charge in [0.1, 0.15) is 0 Å². The molecule has 0 saturated heterocycles. The Balaban J connectivity index is 2.27. The first kappa shape index (κ1) is 16.0. The van der Waals surface area contributed by atoms with Gasteiger partial charge < -0.3 is 0 Å². The zero-order chi connectivity index (χ0) is 15.8. The lowest BCUT2D eigenvalue weighted by molar-refractivity contribution is 0.587. The fraction of sp³-hybridized carbons (Fsp3) is 0.400. The largest absolute Gasteiger partial charge is 0.263 e. The predicted molar refractivity (Wildman–Crippen MR) is 87.5 cm³/mol. The topological polar surface area (TPSA) is 59.1 Å². The van der Waals surface area contributed by atoms with Crippen LogP contribution >= 0.6 is 11.3 Å². The van der Waals surface area contributed by atoms with Gasteiger partial charge in [0.05, 0.1) is 10.6 Å². The number of hydrogen-bond acceptors (Lipinski definition) is 4. The van der Waals surface area contributed by atoms with Gasteiger partial charge in [0.25, 0.3) is 10.0 Å². The molecule has 0 unspecified atom stereocenters. The maximum atomic E-state index is 12.3. The summed E-state index contributed by atoms with van der Waals surface area (Å²) in [5.41, 5.74) is 1.95. The third kappa shape index (κ3) is 3.63. The average molecular weight is 324 g/mol. The zero-order valence-electron chi connectivity index (χ0n) is 12.9. The van der Waals surface area contributed by atoms with Crippen LogP contribution in [0.2, 0.25) is 0 Å². The second-order valence-corrected chi connectivity index (χ2v) is 8.93. The molecule has 4 nitrogen and oxygen atoms in total. The quantitative estimate of drug-likeness (QED) is 0.932. The van der Waals surface area contributed by atoms with Crippen LogP contribution in [0, 0.1) is 13.8 Å². The highest BCUT2D eigenvalue weighted by Crippen LogP contribution is 2.26. The Morgan fingerprint density at radius 3 is 2.10 bits per heavy atom. The number of rotatable bonds is 3. The van der Waals surface area contributed by atoms with Crippen molar-refractivity contribution >= 4 is 26.5 Å². The molecule has 0 aliphatic carbocycles. The Hall–Kier alpha value is -1.40. The molecule has 0 amide bonds. The summed E-state index contributed by atoms with van der Waals surface area (Å²) >= 11 is 1.34. The van der Waals surface area contributed by atoms with Crippen LogP contribution in [0.15, 0.2) is 29.2 Å². The monoisotopic (exact) mass is 324 g/mol. The Morgan fingerprint density at radius 2 is 1.67 bits per heavy atom. The highest BCUT2D eigenvalue weighted by atomic mass is 32.2. The van der Waals surface area contributed by atoms with Crippen molar-refractivity contribution in [3.63, 3.8) is 0 Å². The number of aryl methyl sites for hydroxylation is 2. The van der Waals surface area contributed by atoms with E-state index in [9.17, 15) is 8.42 Å². The van der Waals surface area contributed by atoms with Crippen LogP contribution in [-0.4, -0.2) is 13.4 Å². The van der Waals surface area contributed by atoms with Crippen LogP contribution in [-0.2, 0) is 15.4 Å². The lowest BCUT2D eigenvalue weighted by atomic mass is 9.87. The molecule has 2 aromatic rings. The summed E-state index contributed by atoms with van der Waals surface area (Å²) in [6.07, 6.45) is 0. The molecular weight excluding hydrogens is 304 g/mol. The molecule has 0 aliphatic heterocycles. The normalized spacial score (nSPS) is 12.4. The number of aromatic nitrogens is 1. The number of nitrogens with one attached hydrogen (secondary N) is 1. The number of anilines is 1. The van der Waals surface area contributed by atoms with Gasteiger partial charge in [-0.1, -0.05) is 32.9 Å². The smallest absolute Gasteiger partial charge is 0.255 e. The first-order chi connectivity index (χ1) is 9.59. The number of benzene rings is 1. The van der Waals surface area contributed by atoms with Crippen LogP contribution < -0.4 is 4.72 Å². The van der Waals surface area contributed by atoms with E-state index in [-0.39, 0.29) is 10.3 Å². The van der Waals surface area contributed by atoms with Crippen molar-refractivity contribution < 1.29 is 8.42 Å². The Morgan fingerprint density at radius 1 is 1.10 bits per heavy atom. The van der Waals surface area contributed by atoms with E-state index in [2.05, 4.69) is 30.5 Å². The molecule has 0 spiro atoms. The van der Waals surface area contributed by atoms with E-state index in [1.54, 1.807) is 12.1 Å². The van der Waals surface area contributed by atoms with Crippen molar-refractivity contribution in [2.75, 3.05) is 4.72 Å². The van der Waals surface area contributed by atoms with Gasteiger partial charge in [-0.3, -0.25) is 4.72 Å². The van der Waals surface area contributed by atoms with Gasteiger partial charge in [0.15, 0.2) is 5.13 Å². The van der Waals surface area contributed by atoms with E-state index < -0.39 is 10.0 Å². The van der Waals surface area contributed by atoms with E-state index in [1.165, 1.54) is 11.3 Å². The van der Waals surface area contributed by atoms with Crippen molar-refractivity contribution in [3.05, 3.63) is 40.4 Å². The maximum Gasteiger partial charge on any atom is 0.263 e. The van der Waals surface area contributed by atoms with E-state index in [1.807, 2.05) is 26.0 Å². The minimum Gasteiger partial charge on any atom is -0.255 e. The average Bonchev–Trinajstić information content (AvgIpc) is 2.66. The summed E-state index contributed by atoms with van der Waals surface area (Å²) in [6, 6.07) is 6.98. The molecule has 0 aliphatic rings. The second-order valence-electron chi connectivity index (χ2n) is 6.04. The molecule has 1 N–H and O–H groups in total. The number of hydrogen-bond donors (Lipinski definition) is 1. The number of thiazole rings is 1. The molecule has 6 heteroatoms. The van der Waals surface area contributed by atoms with Gasteiger partial charge in [-0.05, 0) is 37.0 Å². The van der Waals surface area contributed by atoms with Crippen molar-refractivity contribution in [3.8, 4) is 0 Å². The minimum absolute atomic E-state index is 0.000742. The summed E-state index contributed by atoms with van der Waals surface area (Å²) in [4.78, 5) is 5.47. The number of nitrogens with zero attached hydrogens (tertiary/aromatic N) is 1. The van der Waals surface area contributed by atoms with Crippen LogP contribution in [0.4, 0.5) is 5.13 Å². The molecule has 0 bridgehead atoms. The minimum atomic E-state index is -3.58. The van der Waals surface area contributed by atoms with Crippen molar-refractivity contribution in [1.82, 2.24) is 4.98 Å². The van der Waals surface area contributed by atoms with E-state index in [0.29, 0.717) is 5.13 Å². The molecule has 0 saturated carbocycles. The predicted octanol–water partition coefficient (Wildman–Crippen LogP) is 3.86. The molecule has 1 aromatic heterocycles. The Kier molecular flexibility index (Phi) is 4.13. The standard InChI is InChI=1S/C15H20N2O2S2/c1-10-11(2)20-14(16-10)17-21(18,19)13-8-6-12(7-9-13)15(3,4)5/h6-9H,1-5H3,(H,16,17). The molecule has 0 radical (unpaired) electrons. The van der Waals surface area contributed by atoms with E-state index in [0.717, 1.165) is 16.1 Å². The van der Waals surface area contributed by atoms with Crippen LogP contribution in [0.5, 0.6) is 0 Å². The van der Waals surface area contributed by atoms with Crippen molar-refractivity contribution in [2.24, 2.45) is 0 Å². The third-order valence-electron chi connectivity index (χ3n) is 3.28. The van der Waals surface area contributed by atoms with Crippen LogP contribution in [0.25, 0.3) is 0 Å². The fourth-order valence-corrected chi connectivity index (χ4v) is 3.87. The highest BCUT2D eigenvalue weighted by Gasteiger charge is 2.19. The second kappa shape index (κ2) is 5.42. The van der Waals surface area contributed by atoms with Gasteiger partial charge in [-0.15, -0.1) is 11.3 Å². The van der Waals surface area contributed by atoms with Crippen LogP contribution in [0.3, 0.4) is 0 Å². The fourth-order valence-electron chi connectivity index (χ4n) is 1.82. The molecule has 114 valence electrons. The summed E-state index contributed by atoms with van der Waals surface area (Å²) in [5, 5.41) is 0.407. The van der Waals surface area contributed by atoms with Gasteiger partial charge in [0, 0.05) is 4.88 Å². The zero-order valence-corrected chi connectivity index (χ0v) is 14.5. The van der Waals surface area contributed by atoms with E-state index >= 15 is 0 Å². The Labute approximate surface area is 130 Å². The van der Waals surface area contributed by atoms with Gasteiger partial charge >= 0.3 is 0 Å². The Bertz CT molecular complexity index is 719. The first-order valence-electron chi connectivity index (χ1n) is 6.67. The van der Waals surface area contributed by atoms with Gasteiger partial charge in [-0.25, -0.2) is 13.4 Å². The first-order valence-corrected chi connectivity index (χ1v) is 8.97. The summed E-state index contributed by atoms with van der Waals surface area (Å²) in [5.74, 6) is 0. The molecule has 21 heavy (non-hydrogen) atoms. The molecular formula is C15H20N2O2S2. The van der Waals surface area contributed by atoms with E-state index in [4.69, 9.17) is 0 Å². The van der Waals surface area contributed by atoms with Crippen molar-refractivity contribution in [1.29, 1.82) is 0 Å². The van der Waals surface area contributed by atoms with Gasteiger partial charge in [0.2, 0.25) is 0 Å². The molecule has 0 atom stereocenters. The van der Waals surface area contributed by atoms with Crippen LogP contribution in [0.1, 0.15) is 36.9 Å². The molecule has 1 aromatic carbocycles. The summed E-state index contributed by atoms with van der Waals surface area (Å²) in [6.45, 7) is 10.1. The summed E-state index contributed by atoms with van der Waals surface area (Å²) in [7, 11) is -3.58. The lowest BCUT2D eigenvalue weighted by Gasteiger charge is -2.19. The maximum absolute atomic E-state index is 12.3. The van der Waals surface area contributed by atoms with Gasteiger partial charge in [-0.2, -0.15) is 0 Å². The highest BCUT2D eigenvalue weighted by molar-refractivity contribution is 7.93. The SMILES string of the molecule is Cc1nc(NS(=O)(=O)c2ccc(C(C)(C)C)cc2)sc1C. The molecule has 1 heterocycles. The lowest BCUT2D eigenvalue weighted by Crippen LogP contribution is -2.14. The summed E-state index contributed by atoms with van der Waals surface area (Å²) < 4.78 is 27.2. The molecule has 2 rings (SSSR count). The molecule has 0 fully saturated rings. The van der Waals surface area contributed by atoms with Crippen molar-refractivity contribution in [2.45, 2.75) is 44.9 Å².